The summed E-state index contributed by atoms with van der Waals surface area (Å²) in [6.45, 7) is 5.75. The fraction of sp³-hybridized carbons (Fsp3) is 0.692. The van der Waals surface area contributed by atoms with Gasteiger partial charge in [0.1, 0.15) is 5.82 Å². The van der Waals surface area contributed by atoms with Gasteiger partial charge in [-0.25, -0.2) is 4.98 Å². The molecular weight excluding hydrogens is 214 g/mol. The van der Waals surface area contributed by atoms with Crippen LogP contribution < -0.4 is 10.9 Å². The number of aromatic nitrogens is 2. The summed E-state index contributed by atoms with van der Waals surface area (Å²) >= 11 is 0. The number of H-pyrrole nitrogens is 1. The van der Waals surface area contributed by atoms with E-state index >= 15 is 0 Å². The van der Waals surface area contributed by atoms with Gasteiger partial charge in [-0.05, 0) is 31.7 Å². The third-order valence-electron chi connectivity index (χ3n) is 3.54. The summed E-state index contributed by atoms with van der Waals surface area (Å²) in [5.41, 5.74) is 0.733. The van der Waals surface area contributed by atoms with E-state index in [9.17, 15) is 4.79 Å². The van der Waals surface area contributed by atoms with E-state index in [1.165, 1.54) is 6.42 Å². The highest BCUT2D eigenvalue weighted by Gasteiger charge is 2.24. The third-order valence-corrected chi connectivity index (χ3v) is 3.54. The van der Waals surface area contributed by atoms with Gasteiger partial charge >= 0.3 is 0 Å². The SMILES string of the molecule is CCNCc1cnc(C2CCC(C)C2)[nH]c1=O. The molecule has 1 aliphatic carbocycles. The van der Waals surface area contributed by atoms with E-state index in [0.717, 1.165) is 36.7 Å². The lowest BCUT2D eigenvalue weighted by Gasteiger charge is -2.09. The van der Waals surface area contributed by atoms with Gasteiger partial charge in [-0.1, -0.05) is 13.8 Å². The van der Waals surface area contributed by atoms with Crippen molar-refractivity contribution in [3.63, 3.8) is 0 Å². The Morgan fingerprint density at radius 3 is 2.94 bits per heavy atom. The summed E-state index contributed by atoms with van der Waals surface area (Å²) in [5.74, 6) is 2.08. The lowest BCUT2D eigenvalue weighted by Crippen LogP contribution is -2.23. The van der Waals surface area contributed by atoms with Crippen LogP contribution in [0.5, 0.6) is 0 Å². The second-order valence-corrected chi connectivity index (χ2v) is 5.02. The smallest absolute Gasteiger partial charge is 0.255 e. The molecule has 4 nitrogen and oxygen atoms in total. The molecule has 1 saturated carbocycles. The van der Waals surface area contributed by atoms with Crippen molar-refractivity contribution in [2.24, 2.45) is 5.92 Å². The van der Waals surface area contributed by atoms with E-state index in [2.05, 4.69) is 22.2 Å². The van der Waals surface area contributed by atoms with Crippen LogP contribution in [-0.2, 0) is 6.54 Å². The van der Waals surface area contributed by atoms with Gasteiger partial charge in [0.05, 0.1) is 0 Å². The van der Waals surface area contributed by atoms with Crippen molar-refractivity contribution in [1.29, 1.82) is 0 Å². The van der Waals surface area contributed by atoms with Crippen molar-refractivity contribution < 1.29 is 0 Å². The van der Waals surface area contributed by atoms with Gasteiger partial charge in [-0.2, -0.15) is 0 Å². The van der Waals surface area contributed by atoms with Crippen LogP contribution >= 0.6 is 0 Å². The molecule has 0 aromatic carbocycles. The molecule has 2 atom stereocenters. The van der Waals surface area contributed by atoms with Crippen LogP contribution in [0.4, 0.5) is 0 Å². The summed E-state index contributed by atoms with van der Waals surface area (Å²) in [5, 5.41) is 3.14. The Morgan fingerprint density at radius 1 is 1.53 bits per heavy atom. The molecule has 1 aliphatic rings. The van der Waals surface area contributed by atoms with E-state index in [0.29, 0.717) is 12.5 Å². The van der Waals surface area contributed by atoms with Crippen molar-refractivity contribution in [3.05, 3.63) is 27.9 Å². The minimum absolute atomic E-state index is 0.00973. The quantitative estimate of drug-likeness (QED) is 0.836. The Hall–Kier alpha value is -1.16. The summed E-state index contributed by atoms with van der Waals surface area (Å²) < 4.78 is 0. The van der Waals surface area contributed by atoms with Gasteiger partial charge in [0, 0.05) is 24.2 Å². The van der Waals surface area contributed by atoms with Crippen molar-refractivity contribution >= 4 is 0 Å². The highest BCUT2D eigenvalue weighted by Crippen LogP contribution is 2.35. The van der Waals surface area contributed by atoms with E-state index in [4.69, 9.17) is 0 Å². The fourth-order valence-electron chi connectivity index (χ4n) is 2.48. The average molecular weight is 235 g/mol. The van der Waals surface area contributed by atoms with E-state index in [1.54, 1.807) is 6.20 Å². The van der Waals surface area contributed by atoms with Crippen LogP contribution in [0.15, 0.2) is 11.0 Å². The molecule has 2 rings (SSSR count). The van der Waals surface area contributed by atoms with Gasteiger partial charge in [0.25, 0.3) is 5.56 Å². The Kier molecular flexibility index (Phi) is 3.94. The standard InChI is InChI=1S/C13H21N3O/c1-3-14-7-11-8-15-12(16-13(11)17)10-5-4-9(2)6-10/h8-10,14H,3-7H2,1-2H3,(H,15,16,17). The zero-order valence-electron chi connectivity index (χ0n) is 10.6. The van der Waals surface area contributed by atoms with Crippen LogP contribution in [0.25, 0.3) is 0 Å². The molecule has 17 heavy (non-hydrogen) atoms. The van der Waals surface area contributed by atoms with Crippen molar-refractivity contribution in [3.8, 4) is 0 Å². The summed E-state index contributed by atoms with van der Waals surface area (Å²) in [4.78, 5) is 19.2. The Bertz CT molecular complexity index is 427. The topological polar surface area (TPSA) is 57.8 Å². The zero-order valence-corrected chi connectivity index (χ0v) is 10.6. The number of rotatable bonds is 4. The first-order valence-electron chi connectivity index (χ1n) is 6.49. The minimum atomic E-state index is 0.00973. The molecule has 1 aromatic heterocycles. The molecule has 2 unspecified atom stereocenters. The number of nitrogens with one attached hydrogen (secondary N) is 2. The first-order chi connectivity index (χ1) is 8.20. The maximum atomic E-state index is 11.8. The van der Waals surface area contributed by atoms with Crippen LogP contribution in [0.2, 0.25) is 0 Å². The molecule has 0 aliphatic heterocycles. The lowest BCUT2D eigenvalue weighted by atomic mass is 10.1. The molecule has 0 spiro atoms. The Balaban J connectivity index is 2.11. The van der Waals surface area contributed by atoms with Crippen molar-refractivity contribution in [2.75, 3.05) is 6.54 Å². The second-order valence-electron chi connectivity index (χ2n) is 5.02. The van der Waals surface area contributed by atoms with Crippen LogP contribution in [0, 0.1) is 5.92 Å². The van der Waals surface area contributed by atoms with Gasteiger partial charge in [0.2, 0.25) is 0 Å². The van der Waals surface area contributed by atoms with Crippen molar-refractivity contribution in [2.45, 2.75) is 45.6 Å². The number of hydrogen-bond acceptors (Lipinski definition) is 3. The summed E-state index contributed by atoms with van der Waals surface area (Å²) in [6.07, 6.45) is 5.26. The predicted molar refractivity (Wildman–Crippen MR) is 68.0 cm³/mol. The normalized spacial score (nSPS) is 24.1. The third kappa shape index (κ3) is 2.94. The van der Waals surface area contributed by atoms with Crippen LogP contribution in [0.1, 0.15) is 50.4 Å². The molecule has 94 valence electrons. The van der Waals surface area contributed by atoms with E-state index in [-0.39, 0.29) is 5.56 Å². The Morgan fingerprint density at radius 2 is 2.35 bits per heavy atom. The summed E-state index contributed by atoms with van der Waals surface area (Å²) in [7, 11) is 0. The molecule has 1 aromatic rings. The monoisotopic (exact) mass is 235 g/mol. The predicted octanol–water partition coefficient (Wildman–Crippen LogP) is 1.78. The first kappa shape index (κ1) is 12.3. The molecule has 4 heteroatoms. The fourth-order valence-corrected chi connectivity index (χ4v) is 2.48. The molecule has 0 radical (unpaired) electrons. The first-order valence-corrected chi connectivity index (χ1v) is 6.49. The highest BCUT2D eigenvalue weighted by atomic mass is 16.1. The molecular formula is C13H21N3O. The minimum Gasteiger partial charge on any atom is -0.313 e. The highest BCUT2D eigenvalue weighted by molar-refractivity contribution is 5.09. The van der Waals surface area contributed by atoms with Gasteiger partial charge < -0.3 is 10.3 Å². The second kappa shape index (κ2) is 5.45. The number of nitrogens with zero attached hydrogens (tertiary/aromatic N) is 1. The summed E-state index contributed by atoms with van der Waals surface area (Å²) in [6, 6.07) is 0. The maximum absolute atomic E-state index is 11.8. The molecule has 0 amide bonds. The van der Waals surface area contributed by atoms with Crippen molar-refractivity contribution in [1.82, 2.24) is 15.3 Å². The molecule has 0 bridgehead atoms. The van der Waals surface area contributed by atoms with Gasteiger partial charge in [-0.15, -0.1) is 0 Å². The largest absolute Gasteiger partial charge is 0.313 e. The van der Waals surface area contributed by atoms with E-state index in [1.807, 2.05) is 6.92 Å². The van der Waals surface area contributed by atoms with Crippen LogP contribution in [0.3, 0.4) is 0 Å². The van der Waals surface area contributed by atoms with Crippen LogP contribution in [-0.4, -0.2) is 16.5 Å². The number of hydrogen-bond donors (Lipinski definition) is 2. The van der Waals surface area contributed by atoms with E-state index < -0.39 is 0 Å². The Labute approximate surface area is 102 Å². The van der Waals surface area contributed by atoms with Gasteiger partial charge in [0.15, 0.2) is 0 Å². The lowest BCUT2D eigenvalue weighted by molar-refractivity contribution is 0.583. The molecule has 1 heterocycles. The molecule has 1 fully saturated rings. The molecule has 0 saturated heterocycles. The maximum Gasteiger partial charge on any atom is 0.255 e. The zero-order chi connectivity index (χ0) is 12.3. The molecule has 2 N–H and O–H groups in total. The average Bonchev–Trinajstić information content (AvgIpc) is 2.74. The number of aromatic amines is 1. The van der Waals surface area contributed by atoms with Gasteiger partial charge in [-0.3, -0.25) is 4.79 Å².